The average molecular weight is 403 g/mol. The highest BCUT2D eigenvalue weighted by Crippen LogP contribution is 2.33. The first-order chi connectivity index (χ1) is 13.9. The molecule has 1 aromatic rings. The van der Waals surface area contributed by atoms with Crippen LogP contribution in [0.5, 0.6) is 0 Å². The van der Waals surface area contributed by atoms with Crippen LogP contribution in [0.1, 0.15) is 58.6 Å². The SMILES string of the molecule is CCN(CC)Cc1ccccc1CNC(=NC)NCC1CCCOC1C(C)(C)C. The van der Waals surface area contributed by atoms with Gasteiger partial charge < -0.3 is 15.4 Å². The molecule has 1 heterocycles. The first kappa shape index (κ1) is 23.7. The molecule has 1 saturated heterocycles. The van der Waals surface area contributed by atoms with Gasteiger partial charge in [0.05, 0.1) is 6.10 Å². The third-order valence-electron chi connectivity index (χ3n) is 5.91. The minimum atomic E-state index is 0.160. The van der Waals surface area contributed by atoms with Crippen molar-refractivity contribution in [2.45, 2.75) is 66.7 Å². The number of guanidine groups is 1. The van der Waals surface area contributed by atoms with Gasteiger partial charge in [0.1, 0.15) is 0 Å². The van der Waals surface area contributed by atoms with E-state index in [1.165, 1.54) is 17.5 Å². The number of rotatable bonds is 8. The summed E-state index contributed by atoms with van der Waals surface area (Å²) in [6, 6.07) is 8.69. The number of benzene rings is 1. The van der Waals surface area contributed by atoms with Gasteiger partial charge in [-0.25, -0.2) is 0 Å². The number of aliphatic imine (C=N–C) groups is 1. The lowest BCUT2D eigenvalue weighted by molar-refractivity contribution is -0.0835. The molecule has 0 amide bonds. The van der Waals surface area contributed by atoms with Gasteiger partial charge in [-0.05, 0) is 42.5 Å². The van der Waals surface area contributed by atoms with E-state index >= 15 is 0 Å². The van der Waals surface area contributed by atoms with Crippen LogP contribution in [0.3, 0.4) is 0 Å². The van der Waals surface area contributed by atoms with Crippen molar-refractivity contribution < 1.29 is 4.74 Å². The summed E-state index contributed by atoms with van der Waals surface area (Å²) in [5.41, 5.74) is 2.87. The maximum atomic E-state index is 6.12. The Bertz CT molecular complexity index is 634. The predicted molar refractivity (Wildman–Crippen MR) is 123 cm³/mol. The van der Waals surface area contributed by atoms with Crippen molar-refractivity contribution in [3.63, 3.8) is 0 Å². The maximum absolute atomic E-state index is 6.12. The van der Waals surface area contributed by atoms with Crippen LogP contribution in [-0.2, 0) is 17.8 Å². The third-order valence-corrected chi connectivity index (χ3v) is 5.91. The second-order valence-corrected chi connectivity index (χ2v) is 9.10. The first-order valence-corrected chi connectivity index (χ1v) is 11.2. The zero-order valence-corrected chi connectivity index (χ0v) is 19.4. The van der Waals surface area contributed by atoms with Gasteiger partial charge in [-0.2, -0.15) is 0 Å². The fourth-order valence-electron chi connectivity index (χ4n) is 4.21. The molecule has 164 valence electrons. The lowest BCUT2D eigenvalue weighted by Crippen LogP contribution is -2.47. The quantitative estimate of drug-likeness (QED) is 0.509. The summed E-state index contributed by atoms with van der Waals surface area (Å²) in [5.74, 6) is 1.37. The van der Waals surface area contributed by atoms with Crippen molar-refractivity contribution >= 4 is 5.96 Å². The van der Waals surface area contributed by atoms with Crippen molar-refractivity contribution in [3.8, 4) is 0 Å². The summed E-state index contributed by atoms with van der Waals surface area (Å²) in [4.78, 5) is 6.89. The highest BCUT2D eigenvalue weighted by molar-refractivity contribution is 5.79. The molecule has 1 aliphatic rings. The van der Waals surface area contributed by atoms with Gasteiger partial charge in [-0.3, -0.25) is 9.89 Å². The number of nitrogens with one attached hydrogen (secondary N) is 2. The Hall–Kier alpha value is -1.59. The Labute approximate surface area is 178 Å². The molecule has 2 rings (SSSR count). The largest absolute Gasteiger partial charge is 0.377 e. The molecule has 1 aromatic carbocycles. The van der Waals surface area contributed by atoms with E-state index in [1.807, 2.05) is 7.05 Å². The van der Waals surface area contributed by atoms with Crippen LogP contribution in [0.25, 0.3) is 0 Å². The summed E-state index contributed by atoms with van der Waals surface area (Å²) in [6.07, 6.45) is 2.64. The molecule has 0 radical (unpaired) electrons. The van der Waals surface area contributed by atoms with Gasteiger partial charge in [0.2, 0.25) is 0 Å². The second-order valence-electron chi connectivity index (χ2n) is 9.10. The van der Waals surface area contributed by atoms with E-state index in [4.69, 9.17) is 4.74 Å². The maximum Gasteiger partial charge on any atom is 0.191 e. The van der Waals surface area contributed by atoms with E-state index in [0.717, 1.165) is 51.7 Å². The van der Waals surface area contributed by atoms with Crippen LogP contribution in [0, 0.1) is 11.3 Å². The van der Waals surface area contributed by atoms with E-state index in [9.17, 15) is 0 Å². The van der Waals surface area contributed by atoms with Crippen molar-refractivity contribution in [2.75, 3.05) is 33.3 Å². The number of nitrogens with zero attached hydrogens (tertiary/aromatic N) is 2. The molecule has 0 aromatic heterocycles. The molecule has 0 saturated carbocycles. The molecule has 1 aliphatic heterocycles. The second kappa shape index (κ2) is 11.6. The summed E-state index contributed by atoms with van der Waals surface area (Å²) < 4.78 is 6.12. The molecule has 2 unspecified atom stereocenters. The van der Waals surface area contributed by atoms with Gasteiger partial charge in [0.25, 0.3) is 0 Å². The zero-order chi connectivity index (χ0) is 21.3. The number of ether oxygens (including phenoxy) is 1. The predicted octanol–water partition coefficient (Wildman–Crippen LogP) is 4.03. The molecular formula is C24H42N4O. The van der Waals surface area contributed by atoms with Crippen molar-refractivity contribution in [3.05, 3.63) is 35.4 Å². The van der Waals surface area contributed by atoms with Crippen LogP contribution in [0.15, 0.2) is 29.3 Å². The standard InChI is InChI=1S/C24H42N4O/c1-7-28(8-2)18-21-13-10-9-12-19(21)16-26-23(25-6)27-17-20-14-11-15-29-22(20)24(3,4)5/h9-10,12-13,20,22H,7-8,11,14-18H2,1-6H3,(H2,25,26,27). The molecule has 1 fully saturated rings. The smallest absolute Gasteiger partial charge is 0.191 e. The lowest BCUT2D eigenvalue weighted by Gasteiger charge is -2.40. The van der Waals surface area contributed by atoms with Gasteiger partial charge in [0.15, 0.2) is 5.96 Å². The van der Waals surface area contributed by atoms with E-state index in [-0.39, 0.29) is 11.5 Å². The van der Waals surface area contributed by atoms with E-state index in [2.05, 4.69) is 79.4 Å². The fraction of sp³-hybridized carbons (Fsp3) is 0.708. The molecule has 2 N–H and O–H groups in total. The summed E-state index contributed by atoms with van der Waals surface area (Å²) in [5, 5.41) is 7.05. The monoisotopic (exact) mass is 402 g/mol. The number of hydrogen-bond acceptors (Lipinski definition) is 3. The Morgan fingerprint density at radius 2 is 1.83 bits per heavy atom. The van der Waals surface area contributed by atoms with Crippen molar-refractivity contribution in [1.82, 2.24) is 15.5 Å². The summed E-state index contributed by atoms with van der Waals surface area (Å²) in [6.45, 7) is 16.9. The molecular weight excluding hydrogens is 360 g/mol. The molecule has 0 bridgehead atoms. The Morgan fingerprint density at radius 3 is 2.45 bits per heavy atom. The average Bonchev–Trinajstić information content (AvgIpc) is 2.72. The van der Waals surface area contributed by atoms with Gasteiger partial charge in [-0.1, -0.05) is 58.9 Å². The molecule has 29 heavy (non-hydrogen) atoms. The van der Waals surface area contributed by atoms with Gasteiger partial charge >= 0.3 is 0 Å². The van der Waals surface area contributed by atoms with E-state index in [0.29, 0.717) is 5.92 Å². The zero-order valence-electron chi connectivity index (χ0n) is 19.4. The fourth-order valence-corrected chi connectivity index (χ4v) is 4.21. The first-order valence-electron chi connectivity index (χ1n) is 11.2. The minimum absolute atomic E-state index is 0.160. The highest BCUT2D eigenvalue weighted by Gasteiger charge is 2.35. The molecule has 2 atom stereocenters. The summed E-state index contributed by atoms with van der Waals surface area (Å²) >= 11 is 0. The van der Waals surface area contributed by atoms with E-state index < -0.39 is 0 Å². The Kier molecular flexibility index (Phi) is 9.44. The highest BCUT2D eigenvalue weighted by atomic mass is 16.5. The topological polar surface area (TPSA) is 48.9 Å². The normalized spacial score (nSPS) is 20.7. The third kappa shape index (κ3) is 7.31. The van der Waals surface area contributed by atoms with Crippen LogP contribution >= 0.6 is 0 Å². The van der Waals surface area contributed by atoms with Crippen molar-refractivity contribution in [2.24, 2.45) is 16.3 Å². The van der Waals surface area contributed by atoms with Crippen LogP contribution in [-0.4, -0.2) is 50.3 Å². The summed E-state index contributed by atoms with van der Waals surface area (Å²) in [7, 11) is 1.84. The Morgan fingerprint density at radius 1 is 1.14 bits per heavy atom. The molecule has 0 spiro atoms. The van der Waals surface area contributed by atoms with E-state index in [1.54, 1.807) is 0 Å². The van der Waals surface area contributed by atoms with Gasteiger partial charge in [0, 0.05) is 39.2 Å². The van der Waals surface area contributed by atoms with Gasteiger partial charge in [-0.15, -0.1) is 0 Å². The minimum Gasteiger partial charge on any atom is -0.377 e. The van der Waals surface area contributed by atoms with Crippen LogP contribution in [0.4, 0.5) is 0 Å². The van der Waals surface area contributed by atoms with Crippen LogP contribution in [0.2, 0.25) is 0 Å². The Balaban J connectivity index is 1.93. The van der Waals surface area contributed by atoms with Crippen molar-refractivity contribution in [1.29, 1.82) is 0 Å². The number of hydrogen-bond donors (Lipinski definition) is 2. The lowest BCUT2D eigenvalue weighted by atomic mass is 9.78. The van der Waals surface area contributed by atoms with Crippen LogP contribution < -0.4 is 10.6 Å². The molecule has 5 nitrogen and oxygen atoms in total. The molecule has 0 aliphatic carbocycles. The molecule has 5 heteroatoms.